The van der Waals surface area contributed by atoms with Crippen LogP contribution in [0.5, 0.6) is 17.8 Å². The van der Waals surface area contributed by atoms with Crippen LogP contribution in [0.2, 0.25) is 0 Å². The van der Waals surface area contributed by atoms with E-state index in [1.54, 1.807) is 11.7 Å². The van der Waals surface area contributed by atoms with Gasteiger partial charge in [-0.1, -0.05) is 12.1 Å². The molecule has 4 rings (SSSR count). The number of methoxy groups -OCH3 is 1. The van der Waals surface area contributed by atoms with Crippen LogP contribution in [-0.4, -0.2) is 80.9 Å². The van der Waals surface area contributed by atoms with Gasteiger partial charge in [0.1, 0.15) is 5.75 Å². The van der Waals surface area contributed by atoms with Crippen molar-refractivity contribution in [3.63, 3.8) is 0 Å². The summed E-state index contributed by atoms with van der Waals surface area (Å²) in [6.45, 7) is 7.69. The quantitative estimate of drug-likeness (QED) is 0.375. The average Bonchev–Trinajstić information content (AvgIpc) is 3.14. The highest BCUT2D eigenvalue weighted by Gasteiger charge is 2.18. The summed E-state index contributed by atoms with van der Waals surface area (Å²) >= 11 is 2.03. The molecule has 1 aromatic carbocycles. The van der Waals surface area contributed by atoms with Gasteiger partial charge in [-0.15, -0.1) is 0 Å². The van der Waals surface area contributed by atoms with Gasteiger partial charge in [-0.05, 0) is 18.6 Å². The molecule has 1 aliphatic heterocycles. The topological polar surface area (TPSA) is 124 Å². The number of aromatic hydroxyl groups is 1. The minimum atomic E-state index is -0.191. The Labute approximate surface area is 197 Å². The first kappa shape index (κ1) is 23.4. The van der Waals surface area contributed by atoms with Crippen molar-refractivity contribution in [2.24, 2.45) is 0 Å². The summed E-state index contributed by atoms with van der Waals surface area (Å²) in [5.74, 6) is 3.35. The smallest absolute Gasteiger partial charge is 0.320 e. The maximum Gasteiger partial charge on any atom is 0.320 e. The number of fused-ring (bicyclic) bond motifs is 1. The normalized spacial score (nSPS) is 14.6. The van der Waals surface area contributed by atoms with Gasteiger partial charge in [0.25, 0.3) is 6.01 Å². The molecule has 1 saturated heterocycles. The molecule has 178 valence electrons. The maximum atomic E-state index is 10.4. The van der Waals surface area contributed by atoms with Gasteiger partial charge >= 0.3 is 6.01 Å². The molecule has 1 fully saturated rings. The molecular formula is C22H31N7O3S. The zero-order chi connectivity index (χ0) is 23.2. The van der Waals surface area contributed by atoms with Crippen LogP contribution in [0, 0.1) is 0 Å². The predicted octanol–water partition coefficient (Wildman–Crippen LogP) is 1.71. The van der Waals surface area contributed by atoms with Crippen LogP contribution < -0.4 is 20.5 Å². The minimum absolute atomic E-state index is 0.153. The Kier molecular flexibility index (Phi) is 7.73. The van der Waals surface area contributed by atoms with E-state index in [1.165, 1.54) is 24.6 Å². The lowest BCUT2D eigenvalue weighted by Crippen LogP contribution is -2.37. The fraction of sp³-hybridized carbons (Fsp3) is 0.500. The Morgan fingerprint density at radius 2 is 2.03 bits per heavy atom. The Bertz CT molecular complexity index is 1090. The summed E-state index contributed by atoms with van der Waals surface area (Å²) < 4.78 is 12.6. The van der Waals surface area contributed by atoms with Crippen molar-refractivity contribution in [1.29, 1.82) is 0 Å². The highest BCUT2D eigenvalue weighted by molar-refractivity contribution is 7.99. The molecule has 3 aromatic rings. The number of hydrogen-bond donors (Lipinski definition) is 3. The summed E-state index contributed by atoms with van der Waals surface area (Å²) in [6.07, 6.45) is 0. The Morgan fingerprint density at radius 3 is 2.79 bits per heavy atom. The van der Waals surface area contributed by atoms with E-state index in [9.17, 15) is 5.11 Å². The van der Waals surface area contributed by atoms with Crippen LogP contribution in [0.1, 0.15) is 18.1 Å². The fourth-order valence-corrected chi connectivity index (χ4v) is 4.80. The van der Waals surface area contributed by atoms with E-state index in [0.717, 1.165) is 36.5 Å². The molecule has 3 heterocycles. The van der Waals surface area contributed by atoms with Crippen molar-refractivity contribution < 1.29 is 14.6 Å². The molecule has 0 unspecified atom stereocenters. The SMILES string of the molecule is CCOc1nc(N)c2nc(O)n(Cc3ccc(CNCCN4CCSCC4)cc3OC)c2n1. The Balaban J connectivity index is 1.46. The standard InChI is InChI=1S/C22H31N7O3S/c1-3-32-21-26-19(23)18-20(27-21)29(22(30)25-18)14-16-5-4-15(12-17(16)31-2)13-24-6-7-28-8-10-33-11-9-28/h4-5,12,24H,3,6-11,13-14H2,1-2H3,(H,25,30)(H2,23,26,27). The van der Waals surface area contributed by atoms with Gasteiger partial charge in [0.2, 0.25) is 0 Å². The largest absolute Gasteiger partial charge is 0.496 e. The van der Waals surface area contributed by atoms with Gasteiger partial charge in [0, 0.05) is 49.8 Å². The molecule has 11 heteroatoms. The van der Waals surface area contributed by atoms with Crippen molar-refractivity contribution in [3.05, 3.63) is 29.3 Å². The van der Waals surface area contributed by atoms with E-state index in [2.05, 4.69) is 31.2 Å². The van der Waals surface area contributed by atoms with E-state index in [-0.39, 0.29) is 17.8 Å². The molecule has 0 aliphatic carbocycles. The monoisotopic (exact) mass is 473 g/mol. The number of ether oxygens (including phenoxy) is 2. The zero-order valence-corrected chi connectivity index (χ0v) is 19.9. The predicted molar refractivity (Wildman–Crippen MR) is 130 cm³/mol. The summed E-state index contributed by atoms with van der Waals surface area (Å²) in [4.78, 5) is 15.1. The van der Waals surface area contributed by atoms with Gasteiger partial charge in [-0.3, -0.25) is 4.57 Å². The number of rotatable bonds is 10. The summed E-state index contributed by atoms with van der Waals surface area (Å²) in [5, 5.41) is 14.0. The van der Waals surface area contributed by atoms with Crippen molar-refractivity contribution >= 4 is 28.7 Å². The molecule has 33 heavy (non-hydrogen) atoms. The lowest BCUT2D eigenvalue weighted by Gasteiger charge is -2.26. The van der Waals surface area contributed by atoms with Crippen molar-refractivity contribution in [2.45, 2.75) is 20.0 Å². The van der Waals surface area contributed by atoms with E-state index in [1.807, 2.05) is 30.8 Å². The van der Waals surface area contributed by atoms with E-state index in [4.69, 9.17) is 15.2 Å². The van der Waals surface area contributed by atoms with Crippen LogP contribution >= 0.6 is 11.8 Å². The number of thioether (sulfide) groups is 1. The third kappa shape index (κ3) is 5.60. The molecule has 0 spiro atoms. The molecule has 10 nitrogen and oxygen atoms in total. The molecule has 1 aliphatic rings. The highest BCUT2D eigenvalue weighted by atomic mass is 32.2. The summed E-state index contributed by atoms with van der Waals surface area (Å²) in [5.41, 5.74) is 8.76. The first-order chi connectivity index (χ1) is 16.1. The molecule has 0 saturated carbocycles. The van der Waals surface area contributed by atoms with E-state index in [0.29, 0.717) is 24.3 Å². The molecular weight excluding hydrogens is 442 g/mol. The van der Waals surface area contributed by atoms with Crippen LogP contribution in [0.15, 0.2) is 18.2 Å². The van der Waals surface area contributed by atoms with Crippen LogP contribution in [0.4, 0.5) is 5.82 Å². The van der Waals surface area contributed by atoms with Gasteiger partial charge in [-0.2, -0.15) is 26.7 Å². The Morgan fingerprint density at radius 1 is 1.21 bits per heavy atom. The first-order valence-corrected chi connectivity index (χ1v) is 12.3. The van der Waals surface area contributed by atoms with Crippen molar-refractivity contribution in [1.82, 2.24) is 29.7 Å². The number of hydrogen-bond acceptors (Lipinski definition) is 10. The Hall–Kier alpha value is -2.76. The molecule has 2 aromatic heterocycles. The number of imidazole rings is 1. The van der Waals surface area contributed by atoms with Crippen LogP contribution in [0.25, 0.3) is 11.2 Å². The summed E-state index contributed by atoms with van der Waals surface area (Å²) in [6, 6.07) is 6.04. The average molecular weight is 474 g/mol. The molecule has 0 bridgehead atoms. The molecule has 0 amide bonds. The van der Waals surface area contributed by atoms with Gasteiger partial charge in [0.05, 0.1) is 20.3 Å². The third-order valence-electron chi connectivity index (χ3n) is 5.57. The molecule has 0 atom stereocenters. The van der Waals surface area contributed by atoms with Gasteiger partial charge in [-0.25, -0.2) is 0 Å². The van der Waals surface area contributed by atoms with E-state index >= 15 is 0 Å². The second-order valence-corrected chi connectivity index (χ2v) is 9.00. The van der Waals surface area contributed by atoms with Crippen molar-refractivity contribution in [3.8, 4) is 17.8 Å². The number of anilines is 1. The number of nitrogen functional groups attached to an aromatic ring is 1. The number of nitrogens with zero attached hydrogens (tertiary/aromatic N) is 5. The fourth-order valence-electron chi connectivity index (χ4n) is 3.82. The maximum absolute atomic E-state index is 10.4. The van der Waals surface area contributed by atoms with Gasteiger partial charge < -0.3 is 30.5 Å². The lowest BCUT2D eigenvalue weighted by atomic mass is 10.1. The molecule has 0 radical (unpaired) electrons. The number of aromatic nitrogens is 4. The zero-order valence-electron chi connectivity index (χ0n) is 19.1. The second kappa shape index (κ2) is 10.9. The van der Waals surface area contributed by atoms with Crippen LogP contribution in [0.3, 0.4) is 0 Å². The first-order valence-electron chi connectivity index (χ1n) is 11.1. The number of nitrogens with two attached hydrogens (primary N) is 1. The lowest BCUT2D eigenvalue weighted by molar-refractivity contribution is 0.301. The number of benzene rings is 1. The summed E-state index contributed by atoms with van der Waals surface area (Å²) in [7, 11) is 1.64. The van der Waals surface area contributed by atoms with Gasteiger partial charge in [0.15, 0.2) is 17.0 Å². The minimum Gasteiger partial charge on any atom is -0.496 e. The highest BCUT2D eigenvalue weighted by Crippen LogP contribution is 2.28. The van der Waals surface area contributed by atoms with Crippen LogP contribution in [-0.2, 0) is 13.1 Å². The molecule has 4 N–H and O–H groups in total. The second-order valence-electron chi connectivity index (χ2n) is 7.77. The third-order valence-corrected chi connectivity index (χ3v) is 6.51. The van der Waals surface area contributed by atoms with E-state index < -0.39 is 0 Å². The van der Waals surface area contributed by atoms with Crippen molar-refractivity contribution in [2.75, 3.05) is 57.1 Å². The number of nitrogens with one attached hydrogen (secondary N) is 1.